The summed E-state index contributed by atoms with van der Waals surface area (Å²) in [5.74, 6) is 0.884. The van der Waals surface area contributed by atoms with E-state index in [1.807, 2.05) is 29.1 Å². The van der Waals surface area contributed by atoms with Crippen LogP contribution in [0.5, 0.6) is 11.6 Å². The number of rotatable bonds is 6. The molecule has 0 spiro atoms. The number of nitrogens with zero attached hydrogens (tertiary/aromatic N) is 4. The van der Waals surface area contributed by atoms with Gasteiger partial charge in [-0.15, -0.1) is 0 Å². The average Bonchev–Trinajstić information content (AvgIpc) is 3.41. The SMILES string of the molecule is Cc1nc(Oc2ccc(NC(=O)c3ccc([N+](=O)[O-])o3)cc2)cc(-n2cccc2)n1. The van der Waals surface area contributed by atoms with Crippen molar-refractivity contribution >= 4 is 17.5 Å². The number of carbonyl (C=O) groups is 1. The fourth-order valence-corrected chi connectivity index (χ4v) is 2.66. The predicted molar refractivity (Wildman–Crippen MR) is 106 cm³/mol. The summed E-state index contributed by atoms with van der Waals surface area (Å²) < 4.78 is 12.5. The third-order valence-electron chi connectivity index (χ3n) is 4.00. The molecule has 0 unspecified atom stereocenters. The molecule has 0 aliphatic rings. The first-order chi connectivity index (χ1) is 14.5. The molecule has 1 aromatic carbocycles. The summed E-state index contributed by atoms with van der Waals surface area (Å²) in [5.41, 5.74) is 0.471. The Bertz CT molecular complexity index is 1200. The third kappa shape index (κ3) is 4.17. The van der Waals surface area contributed by atoms with Crippen LogP contribution in [0.15, 0.2) is 71.4 Å². The van der Waals surface area contributed by atoms with Crippen LogP contribution in [-0.4, -0.2) is 25.4 Å². The molecule has 0 radical (unpaired) electrons. The molecule has 150 valence electrons. The lowest BCUT2D eigenvalue weighted by molar-refractivity contribution is -0.402. The van der Waals surface area contributed by atoms with Gasteiger partial charge in [0.2, 0.25) is 5.88 Å². The number of hydrogen-bond donors (Lipinski definition) is 1. The summed E-state index contributed by atoms with van der Waals surface area (Å²) in [5, 5.41) is 13.2. The van der Waals surface area contributed by atoms with Crippen molar-refractivity contribution in [3.63, 3.8) is 0 Å². The van der Waals surface area contributed by atoms with E-state index in [2.05, 4.69) is 15.3 Å². The Morgan fingerprint density at radius 1 is 1.13 bits per heavy atom. The number of benzene rings is 1. The van der Waals surface area contributed by atoms with Crippen molar-refractivity contribution in [3.05, 3.63) is 88.7 Å². The van der Waals surface area contributed by atoms with Gasteiger partial charge in [0, 0.05) is 24.1 Å². The molecule has 3 heterocycles. The van der Waals surface area contributed by atoms with Gasteiger partial charge in [-0.1, -0.05) is 0 Å². The number of furan rings is 1. The molecule has 0 fully saturated rings. The van der Waals surface area contributed by atoms with E-state index in [-0.39, 0.29) is 5.76 Å². The van der Waals surface area contributed by atoms with Crippen LogP contribution < -0.4 is 10.1 Å². The van der Waals surface area contributed by atoms with Gasteiger partial charge in [0.15, 0.2) is 5.76 Å². The standard InChI is InChI=1S/C20H15N5O5/c1-13-21-17(24-10-2-3-11-24)12-18(22-13)29-15-6-4-14(5-7-15)23-20(26)16-8-9-19(30-16)25(27)28/h2-12H,1H3,(H,23,26). The first-order valence-corrected chi connectivity index (χ1v) is 8.80. The van der Waals surface area contributed by atoms with Gasteiger partial charge < -0.3 is 19.0 Å². The molecule has 0 saturated carbocycles. The maximum absolute atomic E-state index is 12.1. The highest BCUT2D eigenvalue weighted by Crippen LogP contribution is 2.24. The molecule has 1 N–H and O–H groups in total. The molecular formula is C20H15N5O5. The van der Waals surface area contributed by atoms with E-state index in [0.717, 1.165) is 6.07 Å². The summed E-state index contributed by atoms with van der Waals surface area (Å²) in [6.07, 6.45) is 3.74. The van der Waals surface area contributed by atoms with E-state index in [1.54, 1.807) is 37.3 Å². The number of carbonyl (C=O) groups excluding carboxylic acids is 1. The fraction of sp³-hybridized carbons (Fsp3) is 0.0500. The van der Waals surface area contributed by atoms with Crippen LogP contribution in [0.3, 0.4) is 0 Å². The van der Waals surface area contributed by atoms with Gasteiger partial charge in [-0.05, 0) is 49.4 Å². The molecule has 10 heteroatoms. The zero-order chi connectivity index (χ0) is 21.1. The van der Waals surface area contributed by atoms with Gasteiger partial charge in [0.1, 0.15) is 22.3 Å². The Hall–Kier alpha value is -4.47. The number of ether oxygens (including phenoxy) is 1. The van der Waals surface area contributed by atoms with E-state index < -0.39 is 16.7 Å². The van der Waals surface area contributed by atoms with Gasteiger partial charge in [-0.25, -0.2) is 4.98 Å². The lowest BCUT2D eigenvalue weighted by atomic mass is 10.3. The second kappa shape index (κ2) is 7.87. The van der Waals surface area contributed by atoms with Crippen molar-refractivity contribution in [1.29, 1.82) is 0 Å². The molecule has 3 aromatic heterocycles. The van der Waals surface area contributed by atoms with Crippen LogP contribution in [0.25, 0.3) is 5.82 Å². The molecule has 0 bridgehead atoms. The summed E-state index contributed by atoms with van der Waals surface area (Å²) >= 11 is 0. The zero-order valence-electron chi connectivity index (χ0n) is 15.7. The smallest absolute Gasteiger partial charge is 0.433 e. The summed E-state index contributed by atoms with van der Waals surface area (Å²) in [6.45, 7) is 1.78. The van der Waals surface area contributed by atoms with Crippen LogP contribution in [0, 0.1) is 17.0 Å². The maximum Gasteiger partial charge on any atom is 0.433 e. The van der Waals surface area contributed by atoms with E-state index in [4.69, 9.17) is 9.15 Å². The second-order valence-corrected chi connectivity index (χ2v) is 6.18. The number of nitrogens with one attached hydrogen (secondary N) is 1. The molecule has 10 nitrogen and oxygen atoms in total. The Labute approximate surface area is 169 Å². The minimum atomic E-state index is -0.709. The quantitative estimate of drug-likeness (QED) is 0.378. The summed E-state index contributed by atoms with van der Waals surface area (Å²) in [7, 11) is 0. The van der Waals surface area contributed by atoms with E-state index in [0.29, 0.717) is 29.0 Å². The molecule has 0 aliphatic carbocycles. The number of hydrogen-bond acceptors (Lipinski definition) is 7. The highest BCUT2D eigenvalue weighted by Gasteiger charge is 2.17. The summed E-state index contributed by atoms with van der Waals surface area (Å²) in [6, 6.07) is 14.4. The van der Waals surface area contributed by atoms with Crippen molar-refractivity contribution in [3.8, 4) is 17.4 Å². The number of aromatic nitrogens is 3. The van der Waals surface area contributed by atoms with E-state index in [9.17, 15) is 14.9 Å². The first-order valence-electron chi connectivity index (χ1n) is 8.80. The average molecular weight is 405 g/mol. The van der Waals surface area contributed by atoms with Crippen LogP contribution in [0.2, 0.25) is 0 Å². The van der Waals surface area contributed by atoms with Crippen molar-refractivity contribution in [2.75, 3.05) is 5.32 Å². The Morgan fingerprint density at radius 2 is 1.87 bits per heavy atom. The van der Waals surface area contributed by atoms with Gasteiger partial charge in [0.25, 0.3) is 5.91 Å². The van der Waals surface area contributed by atoms with Crippen molar-refractivity contribution in [2.45, 2.75) is 6.92 Å². The normalized spacial score (nSPS) is 10.6. The van der Waals surface area contributed by atoms with Gasteiger partial charge in [-0.2, -0.15) is 4.98 Å². The maximum atomic E-state index is 12.1. The van der Waals surface area contributed by atoms with Crippen LogP contribution in [-0.2, 0) is 0 Å². The molecule has 0 atom stereocenters. The Morgan fingerprint density at radius 3 is 2.53 bits per heavy atom. The number of aryl methyl sites for hydroxylation is 1. The monoisotopic (exact) mass is 405 g/mol. The lowest BCUT2D eigenvalue weighted by Gasteiger charge is -2.09. The minimum absolute atomic E-state index is 0.156. The molecule has 30 heavy (non-hydrogen) atoms. The van der Waals surface area contributed by atoms with Crippen LogP contribution in [0.1, 0.15) is 16.4 Å². The van der Waals surface area contributed by atoms with Gasteiger partial charge in [0.05, 0.1) is 6.07 Å². The van der Waals surface area contributed by atoms with Crippen LogP contribution in [0.4, 0.5) is 11.6 Å². The zero-order valence-corrected chi connectivity index (χ0v) is 15.7. The Balaban J connectivity index is 1.45. The van der Waals surface area contributed by atoms with Gasteiger partial charge in [-0.3, -0.25) is 14.9 Å². The van der Waals surface area contributed by atoms with Crippen LogP contribution >= 0.6 is 0 Å². The molecule has 0 aliphatic heterocycles. The second-order valence-electron chi connectivity index (χ2n) is 6.18. The van der Waals surface area contributed by atoms with Gasteiger partial charge >= 0.3 is 5.88 Å². The predicted octanol–water partition coefficient (Wildman–Crippen LogP) is 4.12. The highest BCUT2D eigenvalue weighted by atomic mass is 16.6. The highest BCUT2D eigenvalue weighted by molar-refractivity contribution is 6.02. The van der Waals surface area contributed by atoms with Crippen molar-refractivity contribution in [1.82, 2.24) is 14.5 Å². The summed E-state index contributed by atoms with van der Waals surface area (Å²) in [4.78, 5) is 30.7. The number of nitro groups is 1. The topological polar surface area (TPSA) is 125 Å². The lowest BCUT2D eigenvalue weighted by Crippen LogP contribution is -2.10. The molecular weight excluding hydrogens is 390 g/mol. The van der Waals surface area contributed by atoms with Crippen molar-refractivity contribution < 1.29 is 18.9 Å². The third-order valence-corrected chi connectivity index (χ3v) is 4.00. The van der Waals surface area contributed by atoms with E-state index in [1.165, 1.54) is 6.07 Å². The number of anilines is 1. The number of amides is 1. The first kappa shape index (κ1) is 18.9. The minimum Gasteiger partial charge on any atom is -0.439 e. The Kier molecular flexibility index (Phi) is 4.95. The fourth-order valence-electron chi connectivity index (χ4n) is 2.66. The molecule has 4 aromatic rings. The largest absolute Gasteiger partial charge is 0.439 e. The molecule has 0 saturated heterocycles. The van der Waals surface area contributed by atoms with Crippen molar-refractivity contribution in [2.24, 2.45) is 0 Å². The van der Waals surface area contributed by atoms with E-state index >= 15 is 0 Å². The molecule has 1 amide bonds. The molecule has 4 rings (SSSR count).